The largest absolute Gasteiger partial charge is 0.379 e. The number of alkyl halides is 2. The Labute approximate surface area is 411 Å². The fourth-order valence-electron chi connectivity index (χ4n) is 8.64. The van der Waals surface area contributed by atoms with Crippen LogP contribution in [0.4, 0.5) is 14.5 Å². The van der Waals surface area contributed by atoms with Crippen molar-refractivity contribution in [3.8, 4) is 6.07 Å². The molecule has 22 heteroatoms. The number of hydrogen-bond acceptors (Lipinski definition) is 16. The molecule has 70 heavy (non-hydrogen) atoms. The number of rotatable bonds is 23. The molecule has 0 saturated carbocycles. The van der Waals surface area contributed by atoms with E-state index in [9.17, 15) is 33.2 Å². The molecule has 4 aliphatic rings. The van der Waals surface area contributed by atoms with Gasteiger partial charge in [-0.05, 0) is 43.5 Å². The van der Waals surface area contributed by atoms with Crippen LogP contribution in [-0.2, 0) is 28.6 Å². The first-order valence-corrected chi connectivity index (χ1v) is 24.8. The molecule has 4 amide bonds. The molecule has 5 heterocycles. The van der Waals surface area contributed by atoms with Crippen LogP contribution in [0.2, 0.25) is 0 Å². The van der Waals surface area contributed by atoms with E-state index in [1.807, 2.05) is 24.1 Å². The van der Waals surface area contributed by atoms with Gasteiger partial charge in [-0.25, -0.2) is 8.78 Å². The van der Waals surface area contributed by atoms with Gasteiger partial charge in [0.05, 0.1) is 62.2 Å². The highest BCUT2D eigenvalue weighted by molar-refractivity contribution is 6.07. The Morgan fingerprint density at radius 1 is 0.786 bits per heavy atom. The Balaban J connectivity index is 0.873. The second-order valence-electron chi connectivity index (χ2n) is 18.8. The van der Waals surface area contributed by atoms with Crippen LogP contribution >= 0.6 is 0 Å². The van der Waals surface area contributed by atoms with E-state index in [1.165, 1.54) is 12.3 Å². The van der Waals surface area contributed by atoms with Crippen LogP contribution in [0.25, 0.3) is 10.9 Å². The molecule has 2 bridgehead atoms. The Morgan fingerprint density at radius 2 is 1.36 bits per heavy atom. The molecular weight excluding hydrogens is 909 g/mol. The molecule has 4 aliphatic heterocycles. The Bertz CT molecular complexity index is 1950. The van der Waals surface area contributed by atoms with Crippen molar-refractivity contribution in [2.45, 2.75) is 63.0 Å². The van der Waals surface area contributed by atoms with Crippen LogP contribution in [0.5, 0.6) is 0 Å². The van der Waals surface area contributed by atoms with Gasteiger partial charge in [0.15, 0.2) is 0 Å². The number of fused-ring (bicyclic) bond motifs is 16. The van der Waals surface area contributed by atoms with Crippen molar-refractivity contribution in [2.75, 3.05) is 156 Å². The summed E-state index contributed by atoms with van der Waals surface area (Å²) in [4.78, 5) is 58.7. The number of carbonyl (C=O) groups excluding carboxylic acids is 4. The zero-order valence-corrected chi connectivity index (χ0v) is 41.2. The number of ether oxygens (including phenoxy) is 3. The van der Waals surface area contributed by atoms with Crippen LogP contribution in [0.15, 0.2) is 30.5 Å². The van der Waals surface area contributed by atoms with Crippen molar-refractivity contribution < 1.29 is 42.2 Å². The first kappa shape index (κ1) is 56.2. The zero-order chi connectivity index (χ0) is 50.1. The number of hydrogen-bond donors (Lipinski definition) is 9. The molecule has 9 N–H and O–H groups in total. The number of aromatic nitrogens is 1. The number of nitrogens with one attached hydrogen (secondary N) is 9. The van der Waals surface area contributed by atoms with E-state index in [4.69, 9.17) is 14.2 Å². The number of benzene rings is 1. The van der Waals surface area contributed by atoms with E-state index in [0.29, 0.717) is 96.1 Å². The van der Waals surface area contributed by atoms with Crippen molar-refractivity contribution in [1.29, 1.82) is 5.26 Å². The topological polar surface area (TPSA) is 247 Å². The average molecular weight is 986 g/mol. The molecule has 6 rings (SSSR count). The zero-order valence-electron chi connectivity index (χ0n) is 41.2. The van der Waals surface area contributed by atoms with Crippen LogP contribution in [-0.4, -0.2) is 202 Å². The van der Waals surface area contributed by atoms with Crippen LogP contribution in [0.3, 0.4) is 0 Å². The fraction of sp³-hybridized carbons (Fsp3) is 0.708. The summed E-state index contributed by atoms with van der Waals surface area (Å²) in [6.45, 7) is 14.2. The van der Waals surface area contributed by atoms with Crippen molar-refractivity contribution in [3.05, 3.63) is 36.0 Å². The predicted molar refractivity (Wildman–Crippen MR) is 263 cm³/mol. The molecule has 20 nitrogen and oxygen atoms in total. The lowest BCUT2D eigenvalue weighted by molar-refractivity contribution is -0.131. The van der Waals surface area contributed by atoms with Gasteiger partial charge in [0, 0.05) is 154 Å². The van der Waals surface area contributed by atoms with Crippen molar-refractivity contribution in [2.24, 2.45) is 5.41 Å². The molecule has 4 saturated heterocycles. The predicted octanol–water partition coefficient (Wildman–Crippen LogP) is -0.297. The van der Waals surface area contributed by atoms with Gasteiger partial charge >= 0.3 is 0 Å². The molecule has 0 unspecified atom stereocenters. The summed E-state index contributed by atoms with van der Waals surface area (Å²) in [7, 11) is 1.92. The van der Waals surface area contributed by atoms with Gasteiger partial charge in [0.1, 0.15) is 6.04 Å². The second-order valence-corrected chi connectivity index (χ2v) is 18.8. The smallest absolute Gasteiger partial charge is 0.268 e. The van der Waals surface area contributed by atoms with E-state index in [0.717, 1.165) is 75.9 Å². The van der Waals surface area contributed by atoms with Crippen molar-refractivity contribution in [3.63, 3.8) is 0 Å². The third-order valence-electron chi connectivity index (χ3n) is 12.6. The minimum atomic E-state index is -3.14. The standard InChI is InChI=1S/C48H77F2N13O7/c1-46-30-52-13-16-55-33-47(34-56-17-14-53-31-46,35-57-18-15-54-32-46)61-43(65)7-3-6-42(64)59-11-4-20-68-22-24-70-25-23-69-21-5-19-62(2)37-8-9-41-40(26-37)39(10-12-58-41)45(67)60-29-44(66)63-36-48(49,50)27-38(63)28-51/h8-10,12,26,38,52-57H,3-7,11,13-25,27,29-36H2,1-2H3,(H,59,64)(H,60,67)(H,61,65)/t38-,46?,47?/m0/s1. The number of halogens is 2. The summed E-state index contributed by atoms with van der Waals surface area (Å²) in [5.41, 5.74) is 1.28. The lowest BCUT2D eigenvalue weighted by atomic mass is 9.90. The minimum Gasteiger partial charge on any atom is -0.379 e. The number of nitrogens with zero attached hydrogens (tertiary/aromatic N) is 4. The SMILES string of the molecule is CN(CCCOCCOCCOCCCNC(=O)CCCC(=O)NC12CNCCNCC(C)(CNCCNC1)CNCCNC2)c1ccc2nccc(C(=O)NCC(=O)N3CC(F)(F)C[C@H]3C#N)c2c1. The Hall–Kier alpha value is -4.70. The number of amides is 4. The number of anilines is 1. The van der Waals surface area contributed by atoms with Gasteiger partial charge in [-0.3, -0.25) is 24.2 Å². The van der Waals surface area contributed by atoms with Gasteiger partial charge in [0.2, 0.25) is 17.7 Å². The van der Waals surface area contributed by atoms with Gasteiger partial charge in [0.25, 0.3) is 11.8 Å². The van der Waals surface area contributed by atoms with Gasteiger partial charge in [-0.1, -0.05) is 6.92 Å². The van der Waals surface area contributed by atoms with Gasteiger partial charge in [-0.2, -0.15) is 5.26 Å². The van der Waals surface area contributed by atoms with Crippen LogP contribution in [0, 0.1) is 16.7 Å². The third kappa shape index (κ3) is 19.5. The van der Waals surface area contributed by atoms with Crippen molar-refractivity contribution in [1.82, 2.24) is 57.7 Å². The monoisotopic (exact) mass is 986 g/mol. The summed E-state index contributed by atoms with van der Waals surface area (Å²) in [5, 5.41) is 40.0. The number of carbonyl (C=O) groups is 4. The lowest BCUT2D eigenvalue weighted by Gasteiger charge is -2.37. The lowest BCUT2D eigenvalue weighted by Crippen LogP contribution is -2.66. The minimum absolute atomic E-state index is 0.0668. The highest BCUT2D eigenvalue weighted by atomic mass is 19.3. The van der Waals surface area contributed by atoms with E-state index in [-0.39, 0.29) is 35.6 Å². The summed E-state index contributed by atoms with van der Waals surface area (Å²) < 4.78 is 44.7. The molecule has 2 aromatic rings. The molecule has 0 spiro atoms. The Kier molecular flexibility index (Phi) is 23.8. The molecule has 0 radical (unpaired) electrons. The van der Waals surface area contributed by atoms with Crippen LogP contribution < -0.4 is 52.8 Å². The highest BCUT2D eigenvalue weighted by Gasteiger charge is 2.47. The fourth-order valence-corrected chi connectivity index (χ4v) is 8.64. The van der Waals surface area contributed by atoms with Gasteiger partial charge in [-0.15, -0.1) is 0 Å². The Morgan fingerprint density at radius 3 is 1.97 bits per heavy atom. The summed E-state index contributed by atoms with van der Waals surface area (Å²) in [6.07, 6.45) is 3.14. The first-order valence-electron chi connectivity index (χ1n) is 24.8. The van der Waals surface area contributed by atoms with E-state index < -0.39 is 48.8 Å². The third-order valence-corrected chi connectivity index (χ3v) is 12.6. The normalized spacial score (nSPS) is 22.4. The number of pyridine rings is 1. The molecule has 1 atom stereocenters. The summed E-state index contributed by atoms with van der Waals surface area (Å²) in [5.74, 6) is -4.60. The maximum Gasteiger partial charge on any atom is 0.268 e. The number of nitriles is 1. The van der Waals surface area contributed by atoms with Gasteiger partial charge < -0.3 is 71.9 Å². The summed E-state index contributed by atoms with van der Waals surface area (Å²) in [6, 6.07) is 7.56. The van der Waals surface area contributed by atoms with Crippen LogP contribution in [0.1, 0.15) is 55.8 Å². The maximum absolute atomic E-state index is 13.8. The van der Waals surface area contributed by atoms with E-state index in [1.54, 1.807) is 12.1 Å². The molecule has 0 aliphatic carbocycles. The quantitative estimate of drug-likeness (QED) is 0.0650. The first-order chi connectivity index (χ1) is 33.8. The van der Waals surface area contributed by atoms with E-state index >= 15 is 0 Å². The van der Waals surface area contributed by atoms with E-state index in [2.05, 4.69) is 59.8 Å². The second kappa shape index (κ2) is 29.6. The maximum atomic E-state index is 13.8. The molecule has 4 fully saturated rings. The molecular formula is C48H77F2N13O7. The molecule has 390 valence electrons. The number of likely N-dealkylation sites (tertiary alicyclic amines) is 1. The molecule has 1 aromatic heterocycles. The average Bonchev–Trinajstić information content (AvgIpc) is 3.67. The molecule has 1 aromatic carbocycles. The highest BCUT2D eigenvalue weighted by Crippen LogP contribution is 2.31. The van der Waals surface area contributed by atoms with Crippen molar-refractivity contribution >= 4 is 40.2 Å². The summed E-state index contributed by atoms with van der Waals surface area (Å²) >= 11 is 0.